The van der Waals surface area contributed by atoms with Gasteiger partial charge in [0, 0.05) is 12.0 Å². The zero-order valence-electron chi connectivity index (χ0n) is 17.4. The Morgan fingerprint density at radius 2 is 1.47 bits per heavy atom. The number of hydrogen-bond acceptors (Lipinski definition) is 4. The third-order valence-electron chi connectivity index (χ3n) is 4.43. The van der Waals surface area contributed by atoms with Crippen molar-refractivity contribution in [2.75, 3.05) is 0 Å². The van der Waals surface area contributed by atoms with Gasteiger partial charge in [-0.25, -0.2) is 4.39 Å². The van der Waals surface area contributed by atoms with Gasteiger partial charge in [-0.2, -0.15) is 0 Å². The highest BCUT2D eigenvalue weighted by Gasteiger charge is 2.11. The van der Waals surface area contributed by atoms with Crippen LogP contribution in [-0.2, 0) is 22.4 Å². The molecule has 3 rings (SSSR count). The number of amides is 2. The van der Waals surface area contributed by atoms with E-state index in [-0.39, 0.29) is 18.1 Å². The first-order chi connectivity index (χ1) is 15.3. The maximum absolute atomic E-state index is 13.0. The van der Waals surface area contributed by atoms with Crippen molar-refractivity contribution in [1.29, 1.82) is 0 Å². The topological polar surface area (TPSA) is 109 Å². The molecule has 0 spiro atoms. The monoisotopic (exact) mass is 436 g/mol. The first-order valence-electron chi connectivity index (χ1n) is 10.0. The zero-order valence-corrected chi connectivity index (χ0v) is 17.4. The molecule has 0 bridgehead atoms. The second-order valence-electron chi connectivity index (χ2n) is 7.01. The van der Waals surface area contributed by atoms with Gasteiger partial charge in [0.05, 0.1) is 0 Å². The Balaban J connectivity index is 0.000000258. The molecule has 7 heteroatoms. The Morgan fingerprint density at radius 1 is 0.875 bits per heavy atom. The predicted molar refractivity (Wildman–Crippen MR) is 119 cm³/mol. The summed E-state index contributed by atoms with van der Waals surface area (Å²) in [6.45, 7) is 0. The van der Waals surface area contributed by atoms with E-state index in [0.717, 1.165) is 11.1 Å². The number of carbonyl (C=O) groups excluding carboxylic acids is 2. The number of carbonyl (C=O) groups is 3. The predicted octanol–water partition coefficient (Wildman–Crippen LogP) is 3.36. The fraction of sp³-hybridized carbons (Fsp3) is 0.160. The van der Waals surface area contributed by atoms with Crippen LogP contribution in [0, 0.1) is 5.82 Å². The van der Waals surface area contributed by atoms with Crippen molar-refractivity contribution in [2.45, 2.75) is 25.3 Å². The van der Waals surface area contributed by atoms with Gasteiger partial charge in [0.15, 0.2) is 0 Å². The smallest absolute Gasteiger partial charge is 0.320 e. The number of nitrogens with one attached hydrogen (secondary N) is 1. The van der Waals surface area contributed by atoms with Crippen molar-refractivity contribution in [3.63, 3.8) is 0 Å². The van der Waals surface area contributed by atoms with Gasteiger partial charge in [-0.05, 0) is 48.2 Å². The van der Waals surface area contributed by atoms with Crippen LogP contribution in [0.15, 0.2) is 84.9 Å². The summed E-state index contributed by atoms with van der Waals surface area (Å²) in [6.07, 6.45) is 0.920. The number of rotatable bonds is 7. The van der Waals surface area contributed by atoms with Crippen LogP contribution >= 0.6 is 0 Å². The van der Waals surface area contributed by atoms with E-state index in [9.17, 15) is 18.8 Å². The van der Waals surface area contributed by atoms with Gasteiger partial charge in [0.2, 0.25) is 5.91 Å². The van der Waals surface area contributed by atoms with Gasteiger partial charge in [0.25, 0.3) is 5.91 Å². The summed E-state index contributed by atoms with van der Waals surface area (Å²) in [4.78, 5) is 33.8. The standard InChI is InChI=1S/C16H14FNO2.C9H11NO2/c17-14-8-4-5-12(11-14)9-10-15(19)18-16(20)13-6-2-1-3-7-13;10-8(9(11)12)6-7-4-2-1-3-5-7/h1-8,11H,9-10H2,(H,18,19,20);1-5,8H,6,10H2,(H,11,12). The van der Waals surface area contributed by atoms with Crippen LogP contribution in [-0.4, -0.2) is 28.9 Å². The highest BCUT2D eigenvalue weighted by molar-refractivity contribution is 6.04. The molecule has 0 fully saturated rings. The van der Waals surface area contributed by atoms with Crippen molar-refractivity contribution in [3.05, 3.63) is 107 Å². The Hall–Kier alpha value is -3.84. The molecule has 0 aromatic heterocycles. The van der Waals surface area contributed by atoms with Crippen molar-refractivity contribution >= 4 is 17.8 Å². The first kappa shape index (κ1) is 24.4. The Bertz CT molecular complexity index is 1030. The lowest BCUT2D eigenvalue weighted by molar-refractivity contribution is -0.138. The lowest BCUT2D eigenvalue weighted by Crippen LogP contribution is -2.32. The third-order valence-corrected chi connectivity index (χ3v) is 4.43. The summed E-state index contributed by atoms with van der Waals surface area (Å²) in [5.41, 5.74) is 7.47. The number of nitrogens with two attached hydrogens (primary N) is 1. The molecule has 0 aliphatic heterocycles. The number of aryl methyl sites for hydroxylation is 1. The van der Waals surface area contributed by atoms with E-state index in [2.05, 4.69) is 5.32 Å². The van der Waals surface area contributed by atoms with E-state index >= 15 is 0 Å². The summed E-state index contributed by atoms with van der Waals surface area (Å²) in [5.74, 6) is -2.08. The minimum Gasteiger partial charge on any atom is -0.480 e. The van der Waals surface area contributed by atoms with Crippen LogP contribution in [0.2, 0.25) is 0 Å². The first-order valence-corrected chi connectivity index (χ1v) is 10.0. The molecule has 32 heavy (non-hydrogen) atoms. The fourth-order valence-corrected chi connectivity index (χ4v) is 2.76. The van der Waals surface area contributed by atoms with Crippen LogP contribution in [0.5, 0.6) is 0 Å². The molecule has 166 valence electrons. The summed E-state index contributed by atoms with van der Waals surface area (Å²) in [6, 6.07) is 23.1. The quantitative estimate of drug-likeness (QED) is 0.526. The van der Waals surface area contributed by atoms with Crippen LogP contribution in [0.1, 0.15) is 27.9 Å². The van der Waals surface area contributed by atoms with E-state index < -0.39 is 17.9 Å². The van der Waals surface area contributed by atoms with Crippen LogP contribution in [0.25, 0.3) is 0 Å². The molecule has 0 aliphatic rings. The largest absolute Gasteiger partial charge is 0.480 e. The third kappa shape index (κ3) is 8.89. The highest BCUT2D eigenvalue weighted by Crippen LogP contribution is 2.06. The van der Waals surface area contributed by atoms with E-state index in [4.69, 9.17) is 10.8 Å². The average molecular weight is 436 g/mol. The molecular weight excluding hydrogens is 411 g/mol. The fourth-order valence-electron chi connectivity index (χ4n) is 2.76. The van der Waals surface area contributed by atoms with Gasteiger partial charge in [-0.3, -0.25) is 19.7 Å². The lowest BCUT2D eigenvalue weighted by Gasteiger charge is -2.04. The molecule has 1 unspecified atom stereocenters. The SMILES string of the molecule is NC(Cc1ccccc1)C(=O)O.O=C(CCc1cccc(F)c1)NC(=O)c1ccccc1. The maximum atomic E-state index is 13.0. The van der Waals surface area contributed by atoms with Crippen molar-refractivity contribution in [1.82, 2.24) is 5.32 Å². The number of hydrogen-bond donors (Lipinski definition) is 3. The van der Waals surface area contributed by atoms with Gasteiger partial charge >= 0.3 is 5.97 Å². The Morgan fingerprint density at radius 3 is 2.06 bits per heavy atom. The molecule has 0 heterocycles. The Labute approximate surface area is 185 Å². The van der Waals surface area contributed by atoms with Crippen molar-refractivity contribution in [3.8, 4) is 0 Å². The number of carboxylic acid groups (broad SMARTS) is 1. The second kappa shape index (κ2) is 12.8. The van der Waals surface area contributed by atoms with Gasteiger partial charge < -0.3 is 10.8 Å². The van der Waals surface area contributed by atoms with Gasteiger partial charge in [0.1, 0.15) is 11.9 Å². The zero-order chi connectivity index (χ0) is 23.3. The minimum atomic E-state index is -0.959. The summed E-state index contributed by atoms with van der Waals surface area (Å²) in [5, 5.41) is 10.8. The molecule has 2 amide bonds. The molecule has 4 N–H and O–H groups in total. The van der Waals surface area contributed by atoms with Crippen LogP contribution < -0.4 is 11.1 Å². The van der Waals surface area contributed by atoms with E-state index in [1.807, 2.05) is 30.3 Å². The lowest BCUT2D eigenvalue weighted by atomic mass is 10.1. The molecule has 0 saturated heterocycles. The molecule has 0 aliphatic carbocycles. The summed E-state index contributed by atoms with van der Waals surface area (Å²) in [7, 11) is 0. The number of imide groups is 1. The minimum absolute atomic E-state index is 0.141. The number of benzene rings is 3. The normalized spacial score (nSPS) is 10.9. The highest BCUT2D eigenvalue weighted by atomic mass is 19.1. The van der Waals surface area contributed by atoms with E-state index in [0.29, 0.717) is 18.4 Å². The number of aliphatic carboxylic acids is 1. The Kier molecular flexibility index (Phi) is 9.74. The summed E-state index contributed by atoms with van der Waals surface area (Å²) < 4.78 is 13.0. The van der Waals surface area contributed by atoms with Crippen LogP contribution in [0.3, 0.4) is 0 Å². The van der Waals surface area contributed by atoms with Gasteiger partial charge in [-0.15, -0.1) is 0 Å². The van der Waals surface area contributed by atoms with Crippen LogP contribution in [0.4, 0.5) is 4.39 Å². The molecule has 3 aromatic carbocycles. The maximum Gasteiger partial charge on any atom is 0.320 e. The molecule has 1 atom stereocenters. The molecule has 3 aromatic rings. The molecule has 6 nitrogen and oxygen atoms in total. The molecular formula is C25H25FN2O4. The van der Waals surface area contributed by atoms with Crippen molar-refractivity contribution in [2.24, 2.45) is 5.73 Å². The average Bonchev–Trinajstić information content (AvgIpc) is 2.79. The van der Waals surface area contributed by atoms with E-state index in [1.165, 1.54) is 12.1 Å². The molecule has 0 radical (unpaired) electrons. The van der Waals surface area contributed by atoms with Crippen molar-refractivity contribution < 1.29 is 23.9 Å². The van der Waals surface area contributed by atoms with E-state index in [1.54, 1.807) is 42.5 Å². The number of halogens is 1. The van der Waals surface area contributed by atoms with Gasteiger partial charge in [-0.1, -0.05) is 60.7 Å². The second-order valence-corrected chi connectivity index (χ2v) is 7.01. The number of carboxylic acids is 1. The summed E-state index contributed by atoms with van der Waals surface area (Å²) >= 11 is 0. The molecule has 0 saturated carbocycles.